The van der Waals surface area contributed by atoms with Crippen LogP contribution in [0.5, 0.6) is 17.2 Å². The number of nitrogens with zero attached hydrogens (tertiary/aromatic N) is 1. The summed E-state index contributed by atoms with van der Waals surface area (Å²) in [6.45, 7) is 1.61. The lowest BCUT2D eigenvalue weighted by Crippen LogP contribution is -2.30. The minimum atomic E-state index is -3.36. The van der Waals surface area contributed by atoms with E-state index >= 15 is 0 Å². The van der Waals surface area contributed by atoms with Gasteiger partial charge in [-0.2, -0.15) is 0 Å². The fraction of sp³-hybridized carbons (Fsp3) is 0.174. The molecule has 7 nitrogen and oxygen atoms in total. The van der Waals surface area contributed by atoms with Crippen molar-refractivity contribution >= 4 is 38.9 Å². The van der Waals surface area contributed by atoms with Gasteiger partial charge in [-0.1, -0.05) is 29.8 Å². The van der Waals surface area contributed by atoms with Crippen molar-refractivity contribution in [2.45, 2.75) is 13.0 Å². The molecule has 32 heavy (non-hydrogen) atoms. The van der Waals surface area contributed by atoms with Crippen molar-refractivity contribution in [3.05, 3.63) is 77.8 Å². The van der Waals surface area contributed by atoms with E-state index in [1.165, 1.54) is 7.05 Å². The van der Waals surface area contributed by atoms with Gasteiger partial charge >= 0.3 is 0 Å². The number of nitrogens with one attached hydrogen (secondary N) is 1. The molecule has 0 aromatic heterocycles. The third kappa shape index (κ3) is 6.15. The number of carbonyl (C=O) groups excluding carboxylic acids is 1. The Hall–Kier alpha value is -3.23. The van der Waals surface area contributed by atoms with Gasteiger partial charge in [-0.05, 0) is 61.5 Å². The molecule has 0 fully saturated rings. The molecule has 0 unspecified atom stereocenters. The second kappa shape index (κ2) is 9.93. The van der Waals surface area contributed by atoms with E-state index in [2.05, 4.69) is 5.32 Å². The molecule has 168 valence electrons. The molecule has 1 N–H and O–H groups in total. The molecule has 0 heterocycles. The average molecular weight is 475 g/mol. The van der Waals surface area contributed by atoms with Crippen LogP contribution in [0.15, 0.2) is 72.8 Å². The normalized spacial score (nSPS) is 12.0. The lowest BCUT2D eigenvalue weighted by Gasteiger charge is -2.19. The molecule has 1 atom stereocenters. The van der Waals surface area contributed by atoms with Crippen LogP contribution in [0.25, 0.3) is 0 Å². The zero-order chi connectivity index (χ0) is 23.3. The Labute approximate surface area is 192 Å². The van der Waals surface area contributed by atoms with Gasteiger partial charge in [0.25, 0.3) is 5.91 Å². The molecule has 0 bridgehead atoms. The molecule has 0 saturated carbocycles. The van der Waals surface area contributed by atoms with Crippen LogP contribution in [0, 0.1) is 0 Å². The highest BCUT2D eigenvalue weighted by atomic mass is 35.5. The minimum Gasteiger partial charge on any atom is -0.481 e. The Morgan fingerprint density at radius 1 is 1.00 bits per heavy atom. The number of amides is 1. The summed E-state index contributed by atoms with van der Waals surface area (Å²) in [5.41, 5.74) is 0.894. The zero-order valence-electron chi connectivity index (χ0n) is 17.8. The number of halogens is 1. The number of para-hydroxylation sites is 1. The van der Waals surface area contributed by atoms with E-state index in [-0.39, 0.29) is 0 Å². The van der Waals surface area contributed by atoms with Crippen molar-refractivity contribution in [3.8, 4) is 17.2 Å². The van der Waals surface area contributed by atoms with Crippen molar-refractivity contribution in [2.75, 3.05) is 22.9 Å². The number of hydrogen-bond acceptors (Lipinski definition) is 5. The van der Waals surface area contributed by atoms with Crippen LogP contribution in [-0.2, 0) is 14.8 Å². The SMILES string of the molecule is C[C@@H](Oc1ccc(N(C)S(C)(=O)=O)cc1)C(=O)Nc1cc(Cl)ccc1Oc1ccccc1. The van der Waals surface area contributed by atoms with Crippen LogP contribution < -0.4 is 19.1 Å². The molecule has 0 radical (unpaired) electrons. The predicted molar refractivity (Wildman–Crippen MR) is 126 cm³/mol. The summed E-state index contributed by atoms with van der Waals surface area (Å²) in [7, 11) is -1.90. The maximum Gasteiger partial charge on any atom is 0.265 e. The lowest BCUT2D eigenvalue weighted by molar-refractivity contribution is -0.122. The van der Waals surface area contributed by atoms with E-state index in [9.17, 15) is 13.2 Å². The fourth-order valence-electron chi connectivity index (χ4n) is 2.72. The summed E-state index contributed by atoms with van der Waals surface area (Å²) in [6.07, 6.45) is 0.284. The largest absolute Gasteiger partial charge is 0.481 e. The average Bonchev–Trinajstić information content (AvgIpc) is 2.75. The highest BCUT2D eigenvalue weighted by Gasteiger charge is 2.18. The fourth-order valence-corrected chi connectivity index (χ4v) is 3.40. The first-order valence-corrected chi connectivity index (χ1v) is 11.9. The third-order valence-corrected chi connectivity index (χ3v) is 5.99. The third-order valence-electron chi connectivity index (χ3n) is 4.55. The predicted octanol–water partition coefficient (Wildman–Crippen LogP) is 4.93. The topological polar surface area (TPSA) is 84.9 Å². The van der Waals surface area contributed by atoms with Crippen molar-refractivity contribution in [3.63, 3.8) is 0 Å². The second-order valence-electron chi connectivity index (χ2n) is 7.03. The Balaban J connectivity index is 1.69. The number of rotatable bonds is 8. The van der Waals surface area contributed by atoms with Gasteiger partial charge in [-0.15, -0.1) is 0 Å². The first-order chi connectivity index (χ1) is 15.1. The van der Waals surface area contributed by atoms with Crippen molar-refractivity contribution in [1.29, 1.82) is 0 Å². The molecule has 0 spiro atoms. The van der Waals surface area contributed by atoms with Crippen LogP contribution in [0.4, 0.5) is 11.4 Å². The first-order valence-electron chi connectivity index (χ1n) is 9.67. The molecule has 0 saturated heterocycles. The van der Waals surface area contributed by atoms with Crippen LogP contribution in [0.1, 0.15) is 6.92 Å². The van der Waals surface area contributed by atoms with Gasteiger partial charge < -0.3 is 14.8 Å². The van der Waals surface area contributed by atoms with Crippen LogP contribution in [0.3, 0.4) is 0 Å². The van der Waals surface area contributed by atoms with Gasteiger partial charge in [0.2, 0.25) is 10.0 Å². The summed E-state index contributed by atoms with van der Waals surface area (Å²) in [5.74, 6) is 1.08. The summed E-state index contributed by atoms with van der Waals surface area (Å²) in [4.78, 5) is 12.7. The molecule has 0 aliphatic heterocycles. The maximum atomic E-state index is 12.7. The Kier molecular flexibility index (Phi) is 7.27. The van der Waals surface area contributed by atoms with E-state index in [1.807, 2.05) is 18.2 Å². The van der Waals surface area contributed by atoms with Crippen molar-refractivity contribution in [2.24, 2.45) is 0 Å². The van der Waals surface area contributed by atoms with Gasteiger partial charge in [-0.25, -0.2) is 8.42 Å². The minimum absolute atomic E-state index is 0.400. The summed E-state index contributed by atoms with van der Waals surface area (Å²) >= 11 is 6.10. The number of benzene rings is 3. The van der Waals surface area contributed by atoms with Crippen LogP contribution in [0.2, 0.25) is 5.02 Å². The summed E-state index contributed by atoms with van der Waals surface area (Å²) in [5, 5.41) is 3.22. The van der Waals surface area contributed by atoms with Crippen molar-refractivity contribution < 1.29 is 22.7 Å². The number of hydrogen-bond donors (Lipinski definition) is 1. The van der Waals surface area contributed by atoms with Gasteiger partial charge in [-0.3, -0.25) is 9.10 Å². The summed E-state index contributed by atoms with van der Waals surface area (Å²) in [6, 6.07) is 20.5. The molecule has 3 aromatic rings. The quantitative estimate of drug-likeness (QED) is 0.500. The van der Waals surface area contributed by atoms with Gasteiger partial charge in [0.15, 0.2) is 11.9 Å². The highest BCUT2D eigenvalue weighted by molar-refractivity contribution is 7.92. The van der Waals surface area contributed by atoms with E-state index in [4.69, 9.17) is 21.1 Å². The molecular formula is C23H23ClN2O5S. The molecule has 3 aromatic carbocycles. The molecule has 1 amide bonds. The van der Waals surface area contributed by atoms with Crippen LogP contribution in [-0.4, -0.2) is 33.7 Å². The Morgan fingerprint density at radius 3 is 2.28 bits per heavy atom. The number of ether oxygens (including phenoxy) is 2. The monoisotopic (exact) mass is 474 g/mol. The highest BCUT2D eigenvalue weighted by Crippen LogP contribution is 2.32. The maximum absolute atomic E-state index is 12.7. The van der Waals surface area contributed by atoms with Gasteiger partial charge in [0.05, 0.1) is 17.6 Å². The lowest BCUT2D eigenvalue weighted by atomic mass is 10.2. The zero-order valence-corrected chi connectivity index (χ0v) is 19.4. The van der Waals surface area contributed by atoms with E-state index in [0.717, 1.165) is 10.6 Å². The second-order valence-corrected chi connectivity index (χ2v) is 9.48. The van der Waals surface area contributed by atoms with Crippen molar-refractivity contribution in [1.82, 2.24) is 0 Å². The van der Waals surface area contributed by atoms with Gasteiger partial charge in [0, 0.05) is 12.1 Å². The Bertz CT molecular complexity index is 1180. The number of sulfonamides is 1. The van der Waals surface area contributed by atoms with E-state index in [1.54, 1.807) is 61.5 Å². The molecular weight excluding hydrogens is 452 g/mol. The Morgan fingerprint density at radius 2 is 1.66 bits per heavy atom. The summed E-state index contributed by atoms with van der Waals surface area (Å²) < 4.78 is 36.0. The first kappa shape index (κ1) is 23.4. The molecule has 9 heteroatoms. The van der Waals surface area contributed by atoms with Crippen LogP contribution >= 0.6 is 11.6 Å². The molecule has 0 aliphatic rings. The smallest absolute Gasteiger partial charge is 0.265 e. The molecule has 0 aliphatic carbocycles. The van der Waals surface area contributed by atoms with E-state index in [0.29, 0.717) is 33.6 Å². The van der Waals surface area contributed by atoms with Gasteiger partial charge in [0.1, 0.15) is 11.5 Å². The number of carbonyl (C=O) groups is 1. The van der Waals surface area contributed by atoms with E-state index < -0.39 is 22.0 Å². The standard InChI is InChI=1S/C23H23ClN2O5S/c1-16(30-20-12-10-18(11-13-20)26(2)32(3,28)29)23(27)25-21-15-17(24)9-14-22(21)31-19-7-5-4-6-8-19/h4-16H,1-3H3,(H,25,27)/t16-/m1/s1. The number of anilines is 2. The molecule has 3 rings (SSSR count).